The number of halogens is 1. The topological polar surface area (TPSA) is 102 Å². The molecule has 2 aromatic rings. The first kappa shape index (κ1) is 25.0. The highest BCUT2D eigenvalue weighted by molar-refractivity contribution is 7.73. The minimum Gasteiger partial charge on any atom is -0.724 e. The van der Waals surface area contributed by atoms with Gasteiger partial charge in [0.05, 0.1) is 12.7 Å². The van der Waals surface area contributed by atoms with E-state index >= 15 is 0 Å². The van der Waals surface area contributed by atoms with Crippen LogP contribution in [0.1, 0.15) is 44.2 Å². The van der Waals surface area contributed by atoms with E-state index in [1.165, 1.54) is 12.1 Å². The number of hydrogen-bond donors (Lipinski definition) is 2. The lowest BCUT2D eigenvalue weighted by molar-refractivity contribution is -0.827. The lowest BCUT2D eigenvalue weighted by Gasteiger charge is -2.43. The zero-order chi connectivity index (χ0) is 25.4. The second-order valence-corrected chi connectivity index (χ2v) is 11.8. The molecule has 0 bridgehead atoms. The van der Waals surface area contributed by atoms with E-state index in [2.05, 4.69) is 16.4 Å². The Morgan fingerprint density at radius 2 is 2.00 bits per heavy atom. The summed E-state index contributed by atoms with van der Waals surface area (Å²) in [5.41, 5.74) is 2.36. The van der Waals surface area contributed by atoms with E-state index in [1.54, 1.807) is 12.3 Å². The van der Waals surface area contributed by atoms with Crippen LogP contribution in [0, 0.1) is 23.6 Å². The molecule has 0 saturated heterocycles. The van der Waals surface area contributed by atoms with Crippen LogP contribution in [0.5, 0.6) is 0 Å². The number of benzene rings is 1. The normalized spacial score (nSPS) is 30.5. The smallest absolute Gasteiger partial charge is 0.404 e. The summed E-state index contributed by atoms with van der Waals surface area (Å²) >= 11 is -2.26. The molecular weight excluding hydrogens is 481 g/mol. The van der Waals surface area contributed by atoms with Crippen LogP contribution in [-0.4, -0.2) is 54.0 Å². The van der Waals surface area contributed by atoms with E-state index in [1.807, 2.05) is 31.3 Å². The molecule has 0 radical (unpaired) electrons. The minimum absolute atomic E-state index is 0.0327. The highest BCUT2D eigenvalue weighted by atomic mass is 32.2. The van der Waals surface area contributed by atoms with Crippen molar-refractivity contribution in [2.24, 2.45) is 17.8 Å². The van der Waals surface area contributed by atoms with Gasteiger partial charge in [0, 0.05) is 43.0 Å². The molecule has 9 heteroatoms. The van der Waals surface area contributed by atoms with Gasteiger partial charge in [0.1, 0.15) is 29.2 Å². The maximum absolute atomic E-state index is 13.6. The number of pyridine rings is 1. The van der Waals surface area contributed by atoms with Gasteiger partial charge in [-0.3, -0.25) is 4.98 Å². The molecule has 3 aliphatic carbocycles. The molecule has 0 aliphatic heterocycles. The Hall–Kier alpha value is -2.62. The standard InChI is InChI=1S/C27H32FN3O4S/c1-31(36(34)35,23-9-10-23)26-15-19-14-22(30-27(32)33)8-11-24(19)25(26)12-7-21-6-5-18(16-29-21)17-3-2-4-20(28)13-17/h2-7,12-13,16,19,22-26,30H,8-11,14-15H2,1H3,(H-,32,33,34,35)/b12-7+/t19-,22?,24+,25-,26+,31?/m0/s1. The predicted octanol–water partition coefficient (Wildman–Crippen LogP) is 4.75. The second kappa shape index (κ2) is 10.0. The number of carbonyl (C=O) groups is 1. The van der Waals surface area contributed by atoms with Crippen molar-refractivity contribution in [3.63, 3.8) is 0 Å². The maximum Gasteiger partial charge on any atom is 0.404 e. The van der Waals surface area contributed by atoms with Gasteiger partial charge in [-0.05, 0) is 60.9 Å². The Labute approximate surface area is 213 Å². The summed E-state index contributed by atoms with van der Waals surface area (Å²) in [6, 6.07) is 10.2. The molecular formula is C27H32FN3O4S. The van der Waals surface area contributed by atoms with Crippen LogP contribution < -0.4 is 5.32 Å². The predicted molar refractivity (Wildman–Crippen MR) is 134 cm³/mol. The summed E-state index contributed by atoms with van der Waals surface area (Å²) in [4.78, 5) is 15.7. The van der Waals surface area contributed by atoms with Gasteiger partial charge >= 0.3 is 6.09 Å². The van der Waals surface area contributed by atoms with Gasteiger partial charge < -0.3 is 15.0 Å². The number of rotatable bonds is 7. The molecule has 3 aliphatic rings. The van der Waals surface area contributed by atoms with Crippen LogP contribution in [0.25, 0.3) is 17.2 Å². The minimum atomic E-state index is -2.26. The van der Waals surface area contributed by atoms with Crippen molar-refractivity contribution in [3.05, 3.63) is 60.2 Å². The molecule has 192 valence electrons. The second-order valence-electron chi connectivity index (χ2n) is 10.6. The lowest BCUT2D eigenvalue weighted by Crippen LogP contribution is -2.56. The van der Waals surface area contributed by atoms with Gasteiger partial charge in [-0.1, -0.05) is 24.3 Å². The van der Waals surface area contributed by atoms with Crippen LogP contribution in [0.3, 0.4) is 0 Å². The fraction of sp³-hybridized carbons (Fsp3) is 0.481. The number of amides is 1. The first-order valence-corrected chi connectivity index (χ1v) is 13.6. The van der Waals surface area contributed by atoms with E-state index in [4.69, 9.17) is 0 Å². The van der Waals surface area contributed by atoms with E-state index in [0.717, 1.165) is 55.3 Å². The molecule has 3 fully saturated rings. The van der Waals surface area contributed by atoms with Crippen molar-refractivity contribution in [2.75, 3.05) is 7.05 Å². The number of nitrogens with one attached hydrogen (secondary N) is 1. The molecule has 7 atom stereocenters. The molecule has 2 N–H and O–H groups in total. The average Bonchev–Trinajstić information content (AvgIpc) is 3.64. The molecule has 1 heterocycles. The largest absolute Gasteiger partial charge is 0.724 e. The van der Waals surface area contributed by atoms with Crippen LogP contribution in [0.4, 0.5) is 9.18 Å². The first-order valence-electron chi connectivity index (χ1n) is 12.6. The van der Waals surface area contributed by atoms with Crippen molar-refractivity contribution in [1.82, 2.24) is 10.3 Å². The molecule has 1 amide bonds. The summed E-state index contributed by atoms with van der Waals surface area (Å²) in [6.07, 6.45) is 9.80. The highest BCUT2D eigenvalue weighted by Crippen LogP contribution is 2.53. The number of nitrogens with zero attached hydrogens (tertiary/aromatic N) is 2. The number of aromatic nitrogens is 1. The molecule has 1 aromatic heterocycles. The van der Waals surface area contributed by atoms with Gasteiger partial charge in [-0.2, -0.15) is 0 Å². The Kier molecular flexibility index (Phi) is 6.98. The van der Waals surface area contributed by atoms with Crippen LogP contribution in [0.15, 0.2) is 48.7 Å². The van der Waals surface area contributed by atoms with Gasteiger partial charge in [-0.15, -0.1) is 0 Å². The molecule has 3 unspecified atom stereocenters. The third kappa shape index (κ3) is 4.96. The Balaban J connectivity index is 1.39. The van der Waals surface area contributed by atoms with Crippen molar-refractivity contribution >= 4 is 23.4 Å². The summed E-state index contributed by atoms with van der Waals surface area (Å²) in [6.45, 7) is 0. The van der Waals surface area contributed by atoms with Crippen LogP contribution >= 0.6 is 0 Å². The molecule has 36 heavy (non-hydrogen) atoms. The van der Waals surface area contributed by atoms with Crippen molar-refractivity contribution in [2.45, 2.75) is 56.7 Å². The van der Waals surface area contributed by atoms with Crippen LogP contribution in [-0.2, 0) is 11.3 Å². The van der Waals surface area contributed by atoms with Gasteiger partial charge in [0.25, 0.3) is 0 Å². The van der Waals surface area contributed by atoms with Gasteiger partial charge in [0.2, 0.25) is 0 Å². The first-order chi connectivity index (χ1) is 17.3. The number of carboxylic acid groups (broad SMARTS) is 1. The lowest BCUT2D eigenvalue weighted by atomic mass is 9.75. The Bertz CT molecular complexity index is 1170. The summed E-state index contributed by atoms with van der Waals surface area (Å²) < 4.78 is 38.7. The highest BCUT2D eigenvalue weighted by Gasteiger charge is 2.57. The van der Waals surface area contributed by atoms with E-state index in [-0.39, 0.29) is 39.7 Å². The van der Waals surface area contributed by atoms with Crippen LogP contribution in [0.2, 0.25) is 0 Å². The summed E-state index contributed by atoms with van der Waals surface area (Å²) in [7, 11) is 1.85. The van der Waals surface area contributed by atoms with Crippen molar-refractivity contribution < 1.29 is 26.9 Å². The number of hydrogen-bond acceptors (Lipinski definition) is 4. The van der Waals surface area contributed by atoms with E-state index in [9.17, 15) is 23.1 Å². The summed E-state index contributed by atoms with van der Waals surface area (Å²) in [5, 5.41) is 11.8. The fourth-order valence-electron chi connectivity index (χ4n) is 6.59. The van der Waals surface area contributed by atoms with Crippen molar-refractivity contribution in [1.29, 1.82) is 0 Å². The zero-order valence-electron chi connectivity index (χ0n) is 20.3. The third-order valence-corrected chi connectivity index (χ3v) is 9.75. The van der Waals surface area contributed by atoms with Crippen molar-refractivity contribution in [3.8, 4) is 11.1 Å². The van der Waals surface area contributed by atoms with E-state index < -0.39 is 17.4 Å². The molecule has 5 rings (SSSR count). The number of quaternary nitrogens is 1. The average molecular weight is 514 g/mol. The van der Waals surface area contributed by atoms with Gasteiger partial charge in [0.15, 0.2) is 0 Å². The quantitative estimate of drug-likeness (QED) is 0.411. The van der Waals surface area contributed by atoms with Gasteiger partial charge in [-0.25, -0.2) is 17.3 Å². The summed E-state index contributed by atoms with van der Waals surface area (Å²) in [5.74, 6) is 0.357. The fourth-order valence-corrected chi connectivity index (χ4v) is 7.49. The Morgan fingerprint density at radius 3 is 2.64 bits per heavy atom. The molecule has 1 aromatic carbocycles. The molecule has 7 nitrogen and oxygen atoms in total. The monoisotopic (exact) mass is 513 g/mol. The zero-order valence-corrected chi connectivity index (χ0v) is 21.1. The van der Waals surface area contributed by atoms with E-state index in [0.29, 0.717) is 5.92 Å². The SMILES string of the molecule is C[N+](C1CC1)([C@@H]1C[C@@H]2CC(NC(=O)O)CC[C@H]2[C@@H]1/C=C/c1ccc(-c2cccc(F)c2)cn1)S(=O)[O-]. The third-order valence-electron chi connectivity index (χ3n) is 8.54. The number of fused-ring (bicyclic) bond motifs is 1. The maximum atomic E-state index is 13.6. The molecule has 3 saturated carbocycles. The molecule has 0 spiro atoms. The Morgan fingerprint density at radius 1 is 1.19 bits per heavy atom.